The SMILES string of the molecule is CC(CNCc1ccc(F)cc1F)C1CC1. The van der Waals surface area contributed by atoms with Crippen LogP contribution in [0.2, 0.25) is 0 Å². The Kier molecular flexibility index (Phi) is 3.54. The number of benzene rings is 1. The molecule has 88 valence electrons. The topological polar surface area (TPSA) is 12.0 Å². The van der Waals surface area contributed by atoms with E-state index in [1.165, 1.54) is 25.0 Å². The van der Waals surface area contributed by atoms with Crippen molar-refractivity contribution in [1.82, 2.24) is 5.32 Å². The minimum absolute atomic E-state index is 0.466. The molecule has 1 saturated carbocycles. The van der Waals surface area contributed by atoms with Crippen molar-refractivity contribution in [2.75, 3.05) is 6.54 Å². The van der Waals surface area contributed by atoms with Gasteiger partial charge in [0.25, 0.3) is 0 Å². The van der Waals surface area contributed by atoms with E-state index >= 15 is 0 Å². The molecule has 16 heavy (non-hydrogen) atoms. The number of hydrogen-bond acceptors (Lipinski definition) is 1. The van der Waals surface area contributed by atoms with Crippen LogP contribution < -0.4 is 5.32 Å². The highest BCUT2D eigenvalue weighted by Crippen LogP contribution is 2.36. The van der Waals surface area contributed by atoms with E-state index in [1.807, 2.05) is 0 Å². The number of hydrogen-bond donors (Lipinski definition) is 1. The summed E-state index contributed by atoms with van der Waals surface area (Å²) in [4.78, 5) is 0. The summed E-state index contributed by atoms with van der Waals surface area (Å²) in [7, 11) is 0. The molecule has 3 heteroatoms. The third kappa shape index (κ3) is 3.01. The van der Waals surface area contributed by atoms with Gasteiger partial charge in [-0.15, -0.1) is 0 Å². The molecule has 1 aromatic rings. The van der Waals surface area contributed by atoms with Crippen molar-refractivity contribution in [1.29, 1.82) is 0 Å². The summed E-state index contributed by atoms with van der Waals surface area (Å²) in [5, 5.41) is 3.22. The standard InChI is InChI=1S/C13H17F2N/c1-9(10-2-3-10)7-16-8-11-4-5-12(14)6-13(11)15/h4-6,9-10,16H,2-3,7-8H2,1H3. The van der Waals surface area contributed by atoms with Crippen LogP contribution in [0.4, 0.5) is 8.78 Å². The Morgan fingerprint density at radius 2 is 2.12 bits per heavy atom. The molecule has 0 aliphatic heterocycles. The molecular formula is C13H17F2N. The van der Waals surface area contributed by atoms with Gasteiger partial charge >= 0.3 is 0 Å². The van der Waals surface area contributed by atoms with Gasteiger partial charge in [0.15, 0.2) is 0 Å². The fraction of sp³-hybridized carbons (Fsp3) is 0.538. The van der Waals surface area contributed by atoms with Crippen molar-refractivity contribution in [3.05, 3.63) is 35.4 Å². The molecule has 0 radical (unpaired) electrons. The first-order chi connectivity index (χ1) is 7.66. The van der Waals surface area contributed by atoms with Crippen LogP contribution >= 0.6 is 0 Å². The summed E-state index contributed by atoms with van der Waals surface area (Å²) in [6.45, 7) is 3.59. The first-order valence-corrected chi connectivity index (χ1v) is 5.81. The molecule has 1 aliphatic rings. The fourth-order valence-electron chi connectivity index (χ4n) is 1.93. The smallest absolute Gasteiger partial charge is 0.130 e. The number of halogens is 2. The first kappa shape index (κ1) is 11.5. The molecule has 0 saturated heterocycles. The Hall–Kier alpha value is -0.960. The lowest BCUT2D eigenvalue weighted by Gasteiger charge is -2.11. The molecule has 0 heterocycles. The maximum Gasteiger partial charge on any atom is 0.130 e. The largest absolute Gasteiger partial charge is 0.312 e. The normalized spacial score (nSPS) is 17.4. The van der Waals surface area contributed by atoms with Gasteiger partial charge in [0.1, 0.15) is 11.6 Å². The van der Waals surface area contributed by atoms with Crippen LogP contribution in [-0.2, 0) is 6.54 Å². The van der Waals surface area contributed by atoms with E-state index in [2.05, 4.69) is 12.2 Å². The van der Waals surface area contributed by atoms with Gasteiger partial charge < -0.3 is 5.32 Å². The van der Waals surface area contributed by atoms with E-state index in [9.17, 15) is 8.78 Å². The third-order valence-electron chi connectivity index (χ3n) is 3.22. The van der Waals surface area contributed by atoms with E-state index in [0.29, 0.717) is 18.0 Å². The molecule has 0 amide bonds. The van der Waals surface area contributed by atoms with Crippen LogP contribution in [0.3, 0.4) is 0 Å². The Bertz CT molecular complexity index is 361. The molecule has 1 N–H and O–H groups in total. The Morgan fingerprint density at radius 3 is 2.75 bits per heavy atom. The van der Waals surface area contributed by atoms with Crippen molar-refractivity contribution in [2.45, 2.75) is 26.3 Å². The highest BCUT2D eigenvalue weighted by Gasteiger charge is 2.27. The van der Waals surface area contributed by atoms with Gasteiger partial charge in [-0.2, -0.15) is 0 Å². The van der Waals surface area contributed by atoms with E-state index < -0.39 is 11.6 Å². The maximum absolute atomic E-state index is 13.3. The second-order valence-electron chi connectivity index (χ2n) is 4.68. The van der Waals surface area contributed by atoms with Crippen molar-refractivity contribution in [2.24, 2.45) is 11.8 Å². The van der Waals surface area contributed by atoms with Crippen molar-refractivity contribution >= 4 is 0 Å². The van der Waals surface area contributed by atoms with Crippen molar-refractivity contribution in [3.8, 4) is 0 Å². The quantitative estimate of drug-likeness (QED) is 0.812. The molecule has 1 unspecified atom stereocenters. The molecule has 0 spiro atoms. The summed E-state index contributed by atoms with van der Waals surface area (Å²) in [5.74, 6) is 0.522. The average Bonchev–Trinajstić information content (AvgIpc) is 3.04. The lowest BCUT2D eigenvalue weighted by molar-refractivity contribution is 0.456. The maximum atomic E-state index is 13.3. The van der Waals surface area contributed by atoms with Crippen LogP contribution in [-0.4, -0.2) is 6.54 Å². The molecule has 2 rings (SSSR count). The van der Waals surface area contributed by atoms with Crippen LogP contribution in [0.5, 0.6) is 0 Å². The number of nitrogens with one attached hydrogen (secondary N) is 1. The zero-order valence-electron chi connectivity index (χ0n) is 9.47. The average molecular weight is 225 g/mol. The van der Waals surface area contributed by atoms with Gasteiger partial charge in [0.2, 0.25) is 0 Å². The molecule has 1 fully saturated rings. The Balaban J connectivity index is 1.80. The fourth-order valence-corrected chi connectivity index (χ4v) is 1.93. The second-order valence-corrected chi connectivity index (χ2v) is 4.68. The molecule has 1 nitrogen and oxygen atoms in total. The molecule has 0 aromatic heterocycles. The Morgan fingerprint density at radius 1 is 1.38 bits per heavy atom. The predicted molar refractivity (Wildman–Crippen MR) is 60.0 cm³/mol. The molecule has 0 bridgehead atoms. The van der Waals surface area contributed by atoms with Gasteiger partial charge in [0.05, 0.1) is 0 Å². The van der Waals surface area contributed by atoms with Crippen LogP contribution in [0.1, 0.15) is 25.3 Å². The molecule has 1 aliphatic carbocycles. The molecule has 1 atom stereocenters. The summed E-state index contributed by atoms with van der Waals surface area (Å²) in [6, 6.07) is 3.73. The van der Waals surface area contributed by atoms with E-state index in [1.54, 1.807) is 0 Å². The van der Waals surface area contributed by atoms with E-state index in [4.69, 9.17) is 0 Å². The zero-order valence-corrected chi connectivity index (χ0v) is 9.47. The third-order valence-corrected chi connectivity index (χ3v) is 3.22. The minimum atomic E-state index is -0.521. The van der Waals surface area contributed by atoms with Crippen molar-refractivity contribution in [3.63, 3.8) is 0 Å². The highest BCUT2D eigenvalue weighted by atomic mass is 19.1. The summed E-state index contributed by atoms with van der Waals surface area (Å²) in [6.07, 6.45) is 2.65. The monoisotopic (exact) mass is 225 g/mol. The summed E-state index contributed by atoms with van der Waals surface area (Å²) in [5.41, 5.74) is 0.532. The van der Waals surface area contributed by atoms with Gasteiger partial charge in [-0.1, -0.05) is 13.0 Å². The predicted octanol–water partition coefficient (Wildman–Crippen LogP) is 3.10. The summed E-state index contributed by atoms with van der Waals surface area (Å²) < 4.78 is 25.9. The van der Waals surface area contributed by atoms with Gasteiger partial charge in [-0.05, 0) is 37.3 Å². The second kappa shape index (κ2) is 4.91. The van der Waals surface area contributed by atoms with Gasteiger partial charge in [0, 0.05) is 18.2 Å². The minimum Gasteiger partial charge on any atom is -0.312 e. The lowest BCUT2D eigenvalue weighted by Crippen LogP contribution is -2.22. The summed E-state index contributed by atoms with van der Waals surface area (Å²) >= 11 is 0. The highest BCUT2D eigenvalue weighted by molar-refractivity contribution is 5.18. The van der Waals surface area contributed by atoms with E-state index in [-0.39, 0.29) is 0 Å². The van der Waals surface area contributed by atoms with Gasteiger partial charge in [-0.25, -0.2) is 8.78 Å². The van der Waals surface area contributed by atoms with Crippen LogP contribution in [0.25, 0.3) is 0 Å². The van der Waals surface area contributed by atoms with Crippen LogP contribution in [0.15, 0.2) is 18.2 Å². The number of rotatable bonds is 5. The van der Waals surface area contributed by atoms with Gasteiger partial charge in [-0.3, -0.25) is 0 Å². The lowest BCUT2D eigenvalue weighted by atomic mass is 10.1. The van der Waals surface area contributed by atoms with Crippen LogP contribution in [0, 0.1) is 23.5 Å². The Labute approximate surface area is 94.9 Å². The molecular weight excluding hydrogens is 208 g/mol. The first-order valence-electron chi connectivity index (χ1n) is 5.81. The van der Waals surface area contributed by atoms with Crippen molar-refractivity contribution < 1.29 is 8.78 Å². The zero-order chi connectivity index (χ0) is 11.5. The van der Waals surface area contributed by atoms with E-state index in [0.717, 1.165) is 18.5 Å². The molecule has 1 aromatic carbocycles.